The molecule has 0 spiro atoms. The van der Waals surface area contributed by atoms with Gasteiger partial charge in [-0.3, -0.25) is 9.59 Å². The summed E-state index contributed by atoms with van der Waals surface area (Å²) in [4.78, 5) is 22.0. The maximum Gasteiger partial charge on any atom is 0.303 e. The molecule has 5 nitrogen and oxygen atoms in total. The number of carbonyl (C=O) groups excluding carboxylic acids is 1. The minimum Gasteiger partial charge on any atom is -0.481 e. The third-order valence-corrected chi connectivity index (χ3v) is 3.19. The third kappa shape index (κ3) is 6.00. The molecule has 0 aromatic carbocycles. The van der Waals surface area contributed by atoms with Crippen LogP contribution in [-0.2, 0) is 14.3 Å². The Kier molecular flexibility index (Phi) is 6.72. The summed E-state index contributed by atoms with van der Waals surface area (Å²) in [5.41, 5.74) is 0. The second kappa shape index (κ2) is 8.08. The van der Waals surface area contributed by atoms with Gasteiger partial charge in [0.2, 0.25) is 5.91 Å². The van der Waals surface area contributed by atoms with Crippen molar-refractivity contribution in [1.29, 1.82) is 0 Å². The Balaban J connectivity index is 1.94. The molecule has 1 fully saturated rings. The summed E-state index contributed by atoms with van der Waals surface area (Å²) in [6.45, 7) is 3.19. The standard InChI is InChI=1S/C13H23NO4/c1-10-8-11(9-18-10)13(17)14-7-5-3-2-4-6-12(15)16/h10-11H,2-9H2,1H3,(H,14,17)(H,15,16). The zero-order valence-electron chi connectivity index (χ0n) is 11.0. The fourth-order valence-electron chi connectivity index (χ4n) is 2.11. The van der Waals surface area contributed by atoms with Gasteiger partial charge in [0, 0.05) is 13.0 Å². The summed E-state index contributed by atoms with van der Waals surface area (Å²) in [6.07, 6.45) is 4.74. The van der Waals surface area contributed by atoms with E-state index in [1.54, 1.807) is 0 Å². The van der Waals surface area contributed by atoms with Crippen molar-refractivity contribution in [1.82, 2.24) is 5.32 Å². The molecule has 0 aromatic rings. The lowest BCUT2D eigenvalue weighted by molar-refractivity contribution is -0.137. The fourth-order valence-corrected chi connectivity index (χ4v) is 2.11. The van der Waals surface area contributed by atoms with Crippen LogP contribution in [0.4, 0.5) is 0 Å². The molecule has 0 radical (unpaired) electrons. The first-order valence-electron chi connectivity index (χ1n) is 6.70. The lowest BCUT2D eigenvalue weighted by Gasteiger charge is -2.09. The van der Waals surface area contributed by atoms with Crippen LogP contribution in [0.1, 0.15) is 45.4 Å². The molecule has 1 saturated heterocycles. The number of amides is 1. The molecule has 5 heteroatoms. The van der Waals surface area contributed by atoms with Gasteiger partial charge in [-0.25, -0.2) is 0 Å². The number of carboxylic acid groups (broad SMARTS) is 1. The Morgan fingerprint density at radius 1 is 1.28 bits per heavy atom. The monoisotopic (exact) mass is 257 g/mol. The number of ether oxygens (including phenoxy) is 1. The predicted octanol–water partition coefficient (Wildman–Crippen LogP) is 1.56. The van der Waals surface area contributed by atoms with Crippen molar-refractivity contribution in [3.05, 3.63) is 0 Å². The van der Waals surface area contributed by atoms with Crippen molar-refractivity contribution in [2.24, 2.45) is 5.92 Å². The maximum atomic E-state index is 11.7. The van der Waals surface area contributed by atoms with Gasteiger partial charge in [-0.15, -0.1) is 0 Å². The van der Waals surface area contributed by atoms with Crippen LogP contribution in [0, 0.1) is 5.92 Å². The van der Waals surface area contributed by atoms with Crippen LogP contribution in [0.2, 0.25) is 0 Å². The molecule has 1 amide bonds. The number of carbonyl (C=O) groups is 2. The topological polar surface area (TPSA) is 75.6 Å². The number of hydrogen-bond donors (Lipinski definition) is 2. The van der Waals surface area contributed by atoms with Crippen molar-refractivity contribution in [2.75, 3.05) is 13.2 Å². The molecular weight excluding hydrogens is 234 g/mol. The van der Waals surface area contributed by atoms with Gasteiger partial charge in [0.25, 0.3) is 0 Å². The van der Waals surface area contributed by atoms with E-state index in [-0.39, 0.29) is 24.3 Å². The normalized spacial score (nSPS) is 22.9. The first kappa shape index (κ1) is 15.0. The van der Waals surface area contributed by atoms with Crippen LogP contribution in [0.5, 0.6) is 0 Å². The maximum absolute atomic E-state index is 11.7. The fraction of sp³-hybridized carbons (Fsp3) is 0.846. The van der Waals surface area contributed by atoms with Crippen LogP contribution in [0.3, 0.4) is 0 Å². The van der Waals surface area contributed by atoms with Gasteiger partial charge < -0.3 is 15.2 Å². The third-order valence-electron chi connectivity index (χ3n) is 3.19. The number of unbranched alkanes of at least 4 members (excludes halogenated alkanes) is 3. The van der Waals surface area contributed by atoms with E-state index in [0.717, 1.165) is 32.1 Å². The van der Waals surface area contributed by atoms with E-state index >= 15 is 0 Å². The molecule has 0 aromatic heterocycles. The summed E-state index contributed by atoms with van der Waals surface area (Å²) in [5.74, 6) is -0.643. The summed E-state index contributed by atoms with van der Waals surface area (Å²) in [5, 5.41) is 11.4. The second-order valence-corrected chi connectivity index (χ2v) is 4.93. The first-order valence-corrected chi connectivity index (χ1v) is 6.70. The molecule has 0 aliphatic carbocycles. The smallest absolute Gasteiger partial charge is 0.303 e. The highest BCUT2D eigenvalue weighted by Gasteiger charge is 2.27. The van der Waals surface area contributed by atoms with Crippen LogP contribution in [0.15, 0.2) is 0 Å². The minimum absolute atomic E-state index is 0.00649. The highest BCUT2D eigenvalue weighted by molar-refractivity contribution is 5.79. The Morgan fingerprint density at radius 3 is 2.61 bits per heavy atom. The van der Waals surface area contributed by atoms with Gasteiger partial charge in [0.15, 0.2) is 0 Å². The van der Waals surface area contributed by atoms with Gasteiger partial charge >= 0.3 is 5.97 Å². The van der Waals surface area contributed by atoms with Crippen molar-refractivity contribution < 1.29 is 19.4 Å². The predicted molar refractivity (Wildman–Crippen MR) is 67.3 cm³/mol. The zero-order valence-corrected chi connectivity index (χ0v) is 11.0. The molecule has 2 atom stereocenters. The van der Waals surface area contributed by atoms with Crippen molar-refractivity contribution >= 4 is 11.9 Å². The van der Waals surface area contributed by atoms with E-state index in [1.807, 2.05) is 6.92 Å². The lowest BCUT2D eigenvalue weighted by Crippen LogP contribution is -2.31. The first-order chi connectivity index (χ1) is 8.59. The van der Waals surface area contributed by atoms with Crippen LogP contribution in [-0.4, -0.2) is 36.2 Å². The molecule has 2 unspecified atom stereocenters. The lowest BCUT2D eigenvalue weighted by atomic mass is 10.1. The summed E-state index contributed by atoms with van der Waals surface area (Å²) >= 11 is 0. The van der Waals surface area contributed by atoms with E-state index in [1.165, 1.54) is 0 Å². The molecule has 0 saturated carbocycles. The van der Waals surface area contributed by atoms with E-state index < -0.39 is 5.97 Å². The SMILES string of the molecule is CC1CC(C(=O)NCCCCCCC(=O)O)CO1. The number of hydrogen-bond acceptors (Lipinski definition) is 3. The average Bonchev–Trinajstić information content (AvgIpc) is 2.74. The molecular formula is C13H23NO4. The molecule has 104 valence electrons. The molecule has 1 aliphatic heterocycles. The van der Waals surface area contributed by atoms with Gasteiger partial charge in [0.05, 0.1) is 18.6 Å². The number of rotatable bonds is 8. The van der Waals surface area contributed by atoms with Gasteiger partial charge in [-0.2, -0.15) is 0 Å². The van der Waals surface area contributed by atoms with E-state index in [4.69, 9.17) is 9.84 Å². The molecule has 1 aliphatic rings. The molecule has 1 rings (SSSR count). The van der Waals surface area contributed by atoms with Crippen molar-refractivity contribution in [3.8, 4) is 0 Å². The average molecular weight is 257 g/mol. The highest BCUT2D eigenvalue weighted by atomic mass is 16.5. The summed E-state index contributed by atoms with van der Waals surface area (Å²) < 4.78 is 5.35. The Bertz CT molecular complexity index is 280. The van der Waals surface area contributed by atoms with Crippen molar-refractivity contribution in [3.63, 3.8) is 0 Å². The quantitative estimate of drug-likeness (QED) is 0.647. The van der Waals surface area contributed by atoms with Crippen LogP contribution < -0.4 is 5.32 Å². The van der Waals surface area contributed by atoms with E-state index in [2.05, 4.69) is 5.32 Å². The summed E-state index contributed by atoms with van der Waals surface area (Å²) in [7, 11) is 0. The zero-order chi connectivity index (χ0) is 13.4. The van der Waals surface area contributed by atoms with Crippen molar-refractivity contribution in [2.45, 2.75) is 51.6 Å². The van der Waals surface area contributed by atoms with Gasteiger partial charge in [-0.1, -0.05) is 12.8 Å². The Morgan fingerprint density at radius 2 is 2.00 bits per heavy atom. The Hall–Kier alpha value is -1.10. The Labute approximate surface area is 108 Å². The van der Waals surface area contributed by atoms with Crippen LogP contribution >= 0.6 is 0 Å². The van der Waals surface area contributed by atoms with Gasteiger partial charge in [-0.05, 0) is 26.2 Å². The minimum atomic E-state index is -0.737. The van der Waals surface area contributed by atoms with E-state index in [9.17, 15) is 9.59 Å². The number of aliphatic carboxylic acids is 1. The summed E-state index contributed by atoms with van der Waals surface area (Å²) in [6, 6.07) is 0. The second-order valence-electron chi connectivity index (χ2n) is 4.93. The number of nitrogens with one attached hydrogen (secondary N) is 1. The van der Waals surface area contributed by atoms with Gasteiger partial charge in [0.1, 0.15) is 0 Å². The molecule has 0 bridgehead atoms. The molecule has 18 heavy (non-hydrogen) atoms. The largest absolute Gasteiger partial charge is 0.481 e. The molecule has 2 N–H and O–H groups in total. The highest BCUT2D eigenvalue weighted by Crippen LogP contribution is 2.18. The molecule has 1 heterocycles. The van der Waals surface area contributed by atoms with Crippen LogP contribution in [0.25, 0.3) is 0 Å². The number of carboxylic acids is 1. The van der Waals surface area contributed by atoms with E-state index in [0.29, 0.717) is 13.2 Å².